The van der Waals surface area contributed by atoms with Crippen LogP contribution < -0.4 is 0 Å². The molecule has 2 heterocycles. The number of aryl methyl sites for hydroxylation is 1. The Labute approximate surface area is 291 Å². The van der Waals surface area contributed by atoms with Gasteiger partial charge in [0.2, 0.25) is 0 Å². The molecule has 2 aromatic heterocycles. The molecule has 0 spiro atoms. The molecule has 238 valence electrons. The predicted molar refractivity (Wildman–Crippen MR) is 206 cm³/mol. The first-order valence-electron chi connectivity index (χ1n) is 19.3. The minimum absolute atomic E-state index is 0.264. The average molecular weight is 639 g/mol. The van der Waals surface area contributed by atoms with Gasteiger partial charge >= 0.3 is 0 Å². The Bertz CT molecular complexity index is 2920. The van der Waals surface area contributed by atoms with Crippen LogP contribution in [0.3, 0.4) is 0 Å². The van der Waals surface area contributed by atoms with Crippen LogP contribution in [-0.2, 0) is 0 Å². The van der Waals surface area contributed by atoms with Gasteiger partial charge in [-0.05, 0) is 124 Å². The number of hydrogen-bond acceptors (Lipinski definition) is 2. The number of para-hydroxylation sites is 3. The zero-order valence-corrected chi connectivity index (χ0v) is 27.7. The second kappa shape index (κ2) is 10.5. The van der Waals surface area contributed by atoms with Crippen LogP contribution in [0.15, 0.2) is 126 Å². The van der Waals surface area contributed by atoms with Gasteiger partial charge in [-0.3, -0.25) is 4.57 Å². The molecule has 1 saturated carbocycles. The maximum absolute atomic E-state index is 9.53. The number of hydrogen-bond donors (Lipinski definition) is 0. The molecule has 49 heavy (non-hydrogen) atoms. The first-order valence-corrected chi connectivity index (χ1v) is 17.3. The standard InChI is InChI=1S/C46H38N2O/c1-28-16-19-37(44-43(28)36-12-6-9-15-42(36)49-44)45-47-40-13-7-8-14-41(40)48(45)31-18-21-35-34-20-17-30(29-22-24-46(2,3)25-23-29)26-38(34)32-10-4-5-11-33(32)39(35)27-31/h4-21,26-27,29H,22-25H2,1-3H3/i1D3,29D. The topological polar surface area (TPSA) is 31.0 Å². The van der Waals surface area contributed by atoms with Crippen molar-refractivity contribution < 1.29 is 9.90 Å². The van der Waals surface area contributed by atoms with Crippen LogP contribution in [0, 0.1) is 12.3 Å². The van der Waals surface area contributed by atoms with Crippen LogP contribution in [-0.4, -0.2) is 9.55 Å². The molecular formula is C46H38N2O. The molecule has 3 nitrogen and oxygen atoms in total. The van der Waals surface area contributed by atoms with Gasteiger partial charge in [0.15, 0.2) is 0 Å². The Morgan fingerprint density at radius 3 is 2.18 bits per heavy atom. The van der Waals surface area contributed by atoms with Gasteiger partial charge in [-0.15, -0.1) is 0 Å². The molecule has 0 N–H and O–H groups in total. The number of imidazole rings is 1. The molecule has 0 unspecified atom stereocenters. The maximum atomic E-state index is 9.53. The lowest BCUT2D eigenvalue weighted by atomic mass is 9.71. The van der Waals surface area contributed by atoms with Gasteiger partial charge in [-0.1, -0.05) is 98.8 Å². The second-order valence-corrected chi connectivity index (χ2v) is 14.5. The third-order valence-corrected chi connectivity index (χ3v) is 11.0. The Balaban J connectivity index is 1.21. The van der Waals surface area contributed by atoms with E-state index in [0.717, 1.165) is 75.1 Å². The highest BCUT2D eigenvalue weighted by molar-refractivity contribution is 6.25. The van der Waals surface area contributed by atoms with E-state index in [-0.39, 0.29) is 5.56 Å². The molecule has 0 aliphatic heterocycles. The van der Waals surface area contributed by atoms with Gasteiger partial charge in [0.05, 0.1) is 16.6 Å². The molecule has 9 aromatic rings. The summed E-state index contributed by atoms with van der Waals surface area (Å²) < 4.78 is 43.3. The summed E-state index contributed by atoms with van der Waals surface area (Å²) in [6.07, 6.45) is 3.88. The highest BCUT2D eigenvalue weighted by Gasteiger charge is 2.28. The third kappa shape index (κ3) is 4.38. The summed E-state index contributed by atoms with van der Waals surface area (Å²) in [5.74, 6) is 0.105. The molecule has 7 aromatic carbocycles. The monoisotopic (exact) mass is 638 g/mol. The molecular weight excluding hydrogens is 597 g/mol. The lowest BCUT2D eigenvalue weighted by Gasteiger charge is -2.34. The fourth-order valence-electron chi connectivity index (χ4n) is 8.29. The molecule has 1 aliphatic rings. The van der Waals surface area contributed by atoms with Gasteiger partial charge in [0.1, 0.15) is 17.0 Å². The number of nitrogens with zero attached hydrogens (tertiary/aromatic N) is 2. The van der Waals surface area contributed by atoms with Gasteiger partial charge < -0.3 is 4.42 Å². The number of fused-ring (bicyclic) bond motifs is 10. The smallest absolute Gasteiger partial charge is 0.149 e. The van der Waals surface area contributed by atoms with Crippen LogP contribution in [0.1, 0.15) is 62.0 Å². The van der Waals surface area contributed by atoms with Crippen molar-refractivity contribution in [3.05, 3.63) is 132 Å². The summed E-state index contributed by atoms with van der Waals surface area (Å²) in [6, 6.07) is 41.2. The number of furan rings is 1. The van der Waals surface area contributed by atoms with Gasteiger partial charge in [0, 0.05) is 21.9 Å². The van der Waals surface area contributed by atoms with Crippen LogP contribution in [0.4, 0.5) is 0 Å². The quantitative estimate of drug-likeness (QED) is 0.180. The van der Waals surface area contributed by atoms with Gasteiger partial charge in [0.25, 0.3) is 0 Å². The molecule has 0 bridgehead atoms. The van der Waals surface area contributed by atoms with Crippen molar-refractivity contribution in [3.63, 3.8) is 0 Å². The molecule has 0 atom stereocenters. The summed E-state index contributed by atoms with van der Waals surface area (Å²) in [6.45, 7) is 2.33. The number of aromatic nitrogens is 2. The van der Waals surface area contributed by atoms with Crippen LogP contribution >= 0.6 is 0 Å². The first-order chi connectivity index (χ1) is 25.5. The van der Waals surface area contributed by atoms with Crippen molar-refractivity contribution in [2.45, 2.75) is 52.3 Å². The van der Waals surface area contributed by atoms with E-state index in [4.69, 9.17) is 13.5 Å². The second-order valence-electron chi connectivity index (χ2n) is 14.5. The number of rotatable bonds is 3. The van der Waals surface area contributed by atoms with Gasteiger partial charge in [-0.2, -0.15) is 0 Å². The fraction of sp³-hybridized carbons (Fsp3) is 0.196. The fourth-order valence-corrected chi connectivity index (χ4v) is 8.29. The molecule has 1 aliphatic carbocycles. The minimum Gasteiger partial charge on any atom is -0.455 e. The molecule has 1 fully saturated rings. The van der Waals surface area contributed by atoms with E-state index in [1.807, 2.05) is 48.5 Å². The lowest BCUT2D eigenvalue weighted by molar-refractivity contribution is 0.224. The molecule has 0 amide bonds. The zero-order valence-electron chi connectivity index (χ0n) is 31.7. The van der Waals surface area contributed by atoms with E-state index in [1.165, 1.54) is 16.2 Å². The van der Waals surface area contributed by atoms with Crippen molar-refractivity contribution in [2.75, 3.05) is 0 Å². The third-order valence-electron chi connectivity index (χ3n) is 11.0. The van der Waals surface area contributed by atoms with Crippen molar-refractivity contribution in [1.82, 2.24) is 9.55 Å². The lowest BCUT2D eigenvalue weighted by Crippen LogP contribution is -2.20. The predicted octanol–water partition coefficient (Wildman–Crippen LogP) is 13.0. The first kappa shape index (κ1) is 24.7. The number of benzene rings is 7. The van der Waals surface area contributed by atoms with E-state index in [2.05, 4.69) is 85.1 Å². The summed E-state index contributed by atoms with van der Waals surface area (Å²) in [5, 5.41) is 8.35. The normalized spacial score (nSPS) is 17.5. The Morgan fingerprint density at radius 2 is 1.39 bits per heavy atom. The van der Waals surface area contributed by atoms with Crippen molar-refractivity contribution in [1.29, 1.82) is 0 Å². The Morgan fingerprint density at radius 1 is 0.714 bits per heavy atom. The molecule has 0 saturated heterocycles. The highest BCUT2D eigenvalue weighted by atomic mass is 16.3. The largest absolute Gasteiger partial charge is 0.455 e. The maximum Gasteiger partial charge on any atom is 0.149 e. The average Bonchev–Trinajstić information content (AvgIpc) is 3.74. The molecule has 0 radical (unpaired) electrons. The summed E-state index contributed by atoms with van der Waals surface area (Å²) >= 11 is 0. The van der Waals surface area contributed by atoms with Crippen molar-refractivity contribution in [2.24, 2.45) is 5.41 Å². The van der Waals surface area contributed by atoms with E-state index in [0.29, 0.717) is 27.8 Å². The highest BCUT2D eigenvalue weighted by Crippen LogP contribution is 2.45. The summed E-state index contributed by atoms with van der Waals surface area (Å²) in [7, 11) is 0. The van der Waals surface area contributed by atoms with E-state index in [9.17, 15) is 1.37 Å². The van der Waals surface area contributed by atoms with Crippen molar-refractivity contribution in [3.8, 4) is 17.1 Å². The van der Waals surface area contributed by atoms with Crippen LogP contribution in [0.2, 0.25) is 0 Å². The summed E-state index contributed by atoms with van der Waals surface area (Å²) in [5.41, 5.74) is 6.26. The van der Waals surface area contributed by atoms with E-state index in [1.54, 1.807) is 6.07 Å². The molecule has 10 rings (SSSR count). The molecule has 3 heteroatoms. The van der Waals surface area contributed by atoms with Crippen LogP contribution in [0.25, 0.3) is 82.4 Å². The Kier molecular flexibility index (Phi) is 5.31. The van der Waals surface area contributed by atoms with E-state index >= 15 is 0 Å². The van der Waals surface area contributed by atoms with Crippen LogP contribution in [0.5, 0.6) is 0 Å². The SMILES string of the molecule is [2H]C([2H])([2H])c1ccc(-c2nc3ccccc3n2-c2ccc3c4ccc(C5([2H])CCC(C)(C)CC5)cc4c4ccccc4c3c2)c2oc3ccccc3c12. The zero-order chi connectivity index (χ0) is 36.3. The van der Waals surface area contributed by atoms with Crippen molar-refractivity contribution >= 4 is 65.3 Å². The minimum atomic E-state index is -2.32. The van der Waals surface area contributed by atoms with E-state index < -0.39 is 12.7 Å². The van der Waals surface area contributed by atoms with Gasteiger partial charge in [-0.25, -0.2) is 4.98 Å². The Hall–Kier alpha value is -5.41. The summed E-state index contributed by atoms with van der Waals surface area (Å²) in [4.78, 5) is 5.18.